The Hall–Kier alpha value is -3.21. The molecule has 30 heavy (non-hydrogen) atoms. The number of fused-ring (bicyclic) bond motifs is 2. The van der Waals surface area contributed by atoms with Crippen molar-refractivity contribution in [1.29, 1.82) is 0 Å². The van der Waals surface area contributed by atoms with Crippen molar-refractivity contribution in [2.24, 2.45) is 0 Å². The highest BCUT2D eigenvalue weighted by molar-refractivity contribution is 5.86. The number of aliphatic hydroxyl groups is 1. The normalized spacial score (nSPS) is 17.9. The van der Waals surface area contributed by atoms with Crippen LogP contribution in [0.3, 0.4) is 0 Å². The molecule has 1 aliphatic heterocycles. The van der Waals surface area contributed by atoms with E-state index in [1.165, 1.54) is 0 Å². The molecule has 2 aromatic rings. The number of nitrogens with zero attached hydrogens (tertiary/aromatic N) is 1. The van der Waals surface area contributed by atoms with Crippen molar-refractivity contribution < 1.29 is 15.0 Å². The predicted octanol–water partition coefficient (Wildman–Crippen LogP) is 5.23. The maximum absolute atomic E-state index is 11.6. The average Bonchev–Trinajstić information content (AvgIpc) is 3.35. The summed E-state index contributed by atoms with van der Waals surface area (Å²) in [4.78, 5) is 11.6. The Morgan fingerprint density at radius 3 is 2.30 bits per heavy atom. The monoisotopic (exact) mass is 404 g/mol. The van der Waals surface area contributed by atoms with Gasteiger partial charge in [0.05, 0.1) is 0 Å². The van der Waals surface area contributed by atoms with E-state index in [0.717, 1.165) is 42.6 Å². The molecule has 0 saturated heterocycles. The van der Waals surface area contributed by atoms with Crippen LogP contribution in [0, 0.1) is 0 Å². The van der Waals surface area contributed by atoms with Crippen LogP contribution in [-0.4, -0.2) is 26.3 Å². The Labute approximate surface area is 177 Å². The number of carbonyl (C=O) groups is 1. The summed E-state index contributed by atoms with van der Waals surface area (Å²) in [6.07, 6.45) is 3.64. The fourth-order valence-corrected chi connectivity index (χ4v) is 4.82. The zero-order chi connectivity index (χ0) is 21.7. The lowest BCUT2D eigenvalue weighted by Crippen LogP contribution is -2.47. The van der Waals surface area contributed by atoms with Crippen LogP contribution in [0.15, 0.2) is 72.7 Å². The smallest absolute Gasteiger partial charge is 0.328 e. The van der Waals surface area contributed by atoms with Gasteiger partial charge in [-0.2, -0.15) is 0 Å². The van der Waals surface area contributed by atoms with Crippen LogP contribution in [0.4, 0.5) is 0 Å². The summed E-state index contributed by atoms with van der Waals surface area (Å²) in [5, 5.41) is 24.1. The predicted molar refractivity (Wildman–Crippen MR) is 119 cm³/mol. The Kier molecular flexibility index (Phi) is 4.64. The van der Waals surface area contributed by atoms with Crippen LogP contribution >= 0.6 is 0 Å². The van der Waals surface area contributed by atoms with Gasteiger partial charge in [0.25, 0.3) is 0 Å². The van der Waals surface area contributed by atoms with Gasteiger partial charge in [-0.05, 0) is 44.4 Å². The molecule has 3 N–H and O–H groups in total. The molecule has 0 unspecified atom stereocenters. The van der Waals surface area contributed by atoms with E-state index in [0.29, 0.717) is 16.8 Å². The molecule has 0 radical (unpaired) electrons. The van der Waals surface area contributed by atoms with Crippen molar-refractivity contribution in [3.05, 3.63) is 78.3 Å². The number of hydrogen-bond donors (Lipinski definition) is 3. The third-order valence-corrected chi connectivity index (χ3v) is 6.40. The molecule has 4 rings (SSSR count). The first kappa shape index (κ1) is 20.1. The topological polar surface area (TPSA) is 74.5 Å². The molecule has 1 fully saturated rings. The number of benzene rings is 1. The summed E-state index contributed by atoms with van der Waals surface area (Å²) in [5.41, 5.74) is 2.82. The lowest BCUT2D eigenvalue weighted by molar-refractivity contribution is -0.143. The van der Waals surface area contributed by atoms with Crippen LogP contribution < -0.4 is 5.32 Å². The van der Waals surface area contributed by atoms with E-state index in [4.69, 9.17) is 0 Å². The molecule has 1 saturated carbocycles. The standard InChI is InChI=1S/C25H28N2O3/c1-16-19-12-13-20(18-10-6-5-7-11-18)27(19)25(14-8-9-15-25)22(28)21(16)17(2)26-24(3,4)23(29)30/h5-7,10-13,26,28H,1-2,8-9,14-15H2,3-4H3,(H,29,30). The first-order valence-electron chi connectivity index (χ1n) is 10.3. The van der Waals surface area contributed by atoms with Crippen LogP contribution in [-0.2, 0) is 10.3 Å². The number of nitrogens with one attached hydrogen (secondary N) is 1. The second-order valence-electron chi connectivity index (χ2n) is 8.78. The Bertz CT molecular complexity index is 1070. The van der Waals surface area contributed by atoms with Gasteiger partial charge >= 0.3 is 5.97 Å². The molecule has 2 aliphatic rings. The third kappa shape index (κ3) is 2.88. The van der Waals surface area contributed by atoms with Gasteiger partial charge in [-0.25, -0.2) is 4.79 Å². The first-order valence-corrected chi connectivity index (χ1v) is 10.3. The zero-order valence-corrected chi connectivity index (χ0v) is 17.5. The highest BCUT2D eigenvalue weighted by atomic mass is 16.4. The van der Waals surface area contributed by atoms with Crippen molar-refractivity contribution in [1.82, 2.24) is 9.88 Å². The van der Waals surface area contributed by atoms with Gasteiger partial charge in [-0.1, -0.05) is 56.3 Å². The van der Waals surface area contributed by atoms with Crippen LogP contribution in [0.5, 0.6) is 0 Å². The van der Waals surface area contributed by atoms with Crippen molar-refractivity contribution in [3.63, 3.8) is 0 Å². The summed E-state index contributed by atoms with van der Waals surface area (Å²) < 4.78 is 2.23. The van der Waals surface area contributed by atoms with E-state index >= 15 is 0 Å². The average molecular weight is 405 g/mol. The van der Waals surface area contributed by atoms with Gasteiger partial charge in [0, 0.05) is 28.2 Å². The maximum atomic E-state index is 11.6. The van der Waals surface area contributed by atoms with Crippen molar-refractivity contribution in [2.75, 3.05) is 0 Å². The van der Waals surface area contributed by atoms with E-state index in [2.05, 4.69) is 41.2 Å². The molecular formula is C25H28N2O3. The van der Waals surface area contributed by atoms with E-state index in [-0.39, 0.29) is 5.76 Å². The number of rotatable bonds is 5. The molecule has 1 aromatic heterocycles. The van der Waals surface area contributed by atoms with Gasteiger partial charge in [-0.15, -0.1) is 0 Å². The number of aliphatic hydroxyl groups excluding tert-OH is 1. The largest absolute Gasteiger partial charge is 0.509 e. The Morgan fingerprint density at radius 1 is 1.10 bits per heavy atom. The number of aromatic nitrogens is 1. The molecule has 5 heteroatoms. The van der Waals surface area contributed by atoms with Gasteiger partial charge in [-0.3, -0.25) is 0 Å². The molecule has 1 aromatic carbocycles. The molecule has 0 amide bonds. The second kappa shape index (κ2) is 6.94. The SMILES string of the molecule is C=C(NC(C)(C)C(=O)O)C1=C(O)C2(CCCC2)n2c(ccc2-c2ccccc2)C1=C. The fourth-order valence-electron chi connectivity index (χ4n) is 4.82. The number of allylic oxidation sites excluding steroid dienone is 2. The summed E-state index contributed by atoms with van der Waals surface area (Å²) in [6.45, 7) is 11.5. The molecule has 2 heterocycles. The van der Waals surface area contributed by atoms with Gasteiger partial charge in [0.1, 0.15) is 16.8 Å². The van der Waals surface area contributed by atoms with Gasteiger partial charge in [0.15, 0.2) is 0 Å². The number of aliphatic carboxylic acids is 1. The molecule has 5 nitrogen and oxygen atoms in total. The molecule has 1 aliphatic carbocycles. The third-order valence-electron chi connectivity index (χ3n) is 6.40. The van der Waals surface area contributed by atoms with E-state index < -0.39 is 17.0 Å². The zero-order valence-electron chi connectivity index (χ0n) is 17.5. The number of carboxylic acids is 1. The fraction of sp³-hybridized carbons (Fsp3) is 0.320. The van der Waals surface area contributed by atoms with Crippen molar-refractivity contribution >= 4 is 11.5 Å². The highest BCUT2D eigenvalue weighted by Crippen LogP contribution is 2.52. The van der Waals surface area contributed by atoms with E-state index in [1.54, 1.807) is 13.8 Å². The minimum Gasteiger partial charge on any atom is -0.509 e. The maximum Gasteiger partial charge on any atom is 0.328 e. The highest BCUT2D eigenvalue weighted by Gasteiger charge is 2.47. The number of carboxylic acid groups (broad SMARTS) is 1. The molecule has 0 atom stereocenters. The Morgan fingerprint density at radius 2 is 1.70 bits per heavy atom. The summed E-state index contributed by atoms with van der Waals surface area (Å²) in [7, 11) is 0. The lowest BCUT2D eigenvalue weighted by Gasteiger charge is -2.41. The molecular weight excluding hydrogens is 376 g/mol. The first-order chi connectivity index (χ1) is 14.2. The number of hydrogen-bond acceptors (Lipinski definition) is 3. The van der Waals surface area contributed by atoms with E-state index in [9.17, 15) is 15.0 Å². The second-order valence-corrected chi connectivity index (χ2v) is 8.78. The van der Waals surface area contributed by atoms with E-state index in [1.807, 2.05) is 24.3 Å². The minimum absolute atomic E-state index is 0.226. The quantitative estimate of drug-likeness (QED) is 0.638. The summed E-state index contributed by atoms with van der Waals surface area (Å²) in [6, 6.07) is 14.3. The lowest BCUT2D eigenvalue weighted by atomic mass is 9.82. The minimum atomic E-state index is -1.22. The molecule has 156 valence electrons. The van der Waals surface area contributed by atoms with Crippen LogP contribution in [0.25, 0.3) is 16.8 Å². The Balaban J connectivity index is 1.87. The van der Waals surface area contributed by atoms with Crippen LogP contribution in [0.1, 0.15) is 45.2 Å². The van der Waals surface area contributed by atoms with Crippen molar-refractivity contribution in [2.45, 2.75) is 50.6 Å². The van der Waals surface area contributed by atoms with Gasteiger partial charge in [0.2, 0.25) is 0 Å². The molecule has 1 spiro atoms. The van der Waals surface area contributed by atoms with Gasteiger partial charge < -0.3 is 20.1 Å². The van der Waals surface area contributed by atoms with Crippen molar-refractivity contribution in [3.8, 4) is 11.3 Å². The summed E-state index contributed by atoms with van der Waals surface area (Å²) >= 11 is 0. The summed E-state index contributed by atoms with van der Waals surface area (Å²) in [5.74, 6) is -0.764. The molecule has 0 bridgehead atoms. The van der Waals surface area contributed by atoms with Crippen LogP contribution in [0.2, 0.25) is 0 Å².